The minimum Gasteiger partial charge on any atom is -0.265 e. The number of nitrogens with zero attached hydrogens (tertiary/aromatic N) is 16. The molecule has 0 unspecified atom stereocenters. The van der Waals surface area contributed by atoms with Gasteiger partial charge in [0.25, 0.3) is 16.5 Å². The SMILES string of the molecule is C1CCOC1.CC(=O)C(C)C.CC(C)c1ccc(N)cn1.CC(C)c1ccc([N+](=O)[O-])cn1.CO.C[n+]1ccccc1.Cn1cc([N+](=O)[O-])cc([N+](=O)[O-])c1=O.Cn1ccccc1=O.O=S(=O)(O)O.O=[N+]([O-])O.[C-]#N.[C-]#N.[C-]#N.[C-]#N.[C-]#N.[C-]#N.[Fe+6].[K].[K][K].c1ccncc1. The van der Waals surface area contributed by atoms with Crippen LogP contribution in [0.15, 0.2) is 144 Å². The minimum atomic E-state index is -4.67. The van der Waals surface area contributed by atoms with Crippen LogP contribution in [0.4, 0.5) is 22.7 Å². The molecule has 0 spiro atoms. The molecule has 1 fully saturated rings. The van der Waals surface area contributed by atoms with Gasteiger partial charge in [-0.3, -0.25) is 68.8 Å². The summed E-state index contributed by atoms with van der Waals surface area (Å²) in [6.07, 6.45) is 15.7. The summed E-state index contributed by atoms with van der Waals surface area (Å²) in [5, 5.41) is 89.0. The number of anilines is 1. The van der Waals surface area contributed by atoms with Crippen molar-refractivity contribution >= 4 is 153 Å². The van der Waals surface area contributed by atoms with Crippen molar-refractivity contribution in [3.63, 3.8) is 0 Å². The number of carbonyl (C=O) groups excluding carboxylic acids is 1. The van der Waals surface area contributed by atoms with E-state index in [-0.39, 0.29) is 91.4 Å². The summed E-state index contributed by atoms with van der Waals surface area (Å²) >= 11 is 2.50. The molecule has 0 bridgehead atoms. The van der Waals surface area contributed by atoms with E-state index in [2.05, 4.69) is 28.8 Å². The zero-order chi connectivity index (χ0) is 75.7. The van der Waals surface area contributed by atoms with Gasteiger partial charge in [0.15, 0.2) is 12.4 Å². The first-order chi connectivity index (χ1) is 43.8. The van der Waals surface area contributed by atoms with Crippen LogP contribution in [-0.2, 0) is 58.1 Å². The van der Waals surface area contributed by atoms with E-state index >= 15 is 0 Å². The molecule has 1 aliphatic rings. The van der Waals surface area contributed by atoms with Crippen LogP contribution in [0, 0.1) is 117 Å². The Morgan fingerprint density at radius 2 is 1.03 bits per heavy atom. The first-order valence-electron chi connectivity index (χ1n) is 25.4. The largest absolute Gasteiger partial charge is 0.265 e. The third-order valence-corrected chi connectivity index (χ3v) is 8.61. The molecule has 40 heteroatoms. The van der Waals surface area contributed by atoms with E-state index in [1.54, 1.807) is 50.9 Å². The fourth-order valence-corrected chi connectivity index (χ4v) is 4.33. The average molecular weight is 1460 g/mol. The molecular formula is C55H72FeK3N17O18S+. The number of nitrogens with two attached hydrogens (primary N) is 1. The second-order valence-corrected chi connectivity index (χ2v) is 16.9. The molecule has 0 amide bonds. The molecule has 95 heavy (non-hydrogen) atoms. The van der Waals surface area contributed by atoms with Gasteiger partial charge < -0.3 is 101 Å². The summed E-state index contributed by atoms with van der Waals surface area (Å²) in [4.78, 5) is 80.7. The number of hydrogen-bond acceptors (Lipinski definition) is 25. The van der Waals surface area contributed by atoms with Gasteiger partial charge in [-0.1, -0.05) is 59.7 Å². The van der Waals surface area contributed by atoms with Crippen molar-refractivity contribution in [2.45, 2.75) is 73.1 Å². The van der Waals surface area contributed by atoms with E-state index in [0.717, 1.165) is 48.2 Å². The maximum absolute atomic E-state index is 11.1. The van der Waals surface area contributed by atoms with Crippen molar-refractivity contribution in [3.8, 4) is 0 Å². The van der Waals surface area contributed by atoms with Gasteiger partial charge >= 0.3 is 102 Å². The Balaban J connectivity index is -0.0000000708. The molecule has 0 aromatic carbocycles. The predicted molar refractivity (Wildman–Crippen MR) is 340 cm³/mol. The number of carbonyl (C=O) groups is 1. The number of aromatic nitrogens is 6. The molecule has 6 aromatic rings. The number of rotatable bonds is 6. The zero-order valence-corrected chi connectivity index (χ0v) is 66.1. The summed E-state index contributed by atoms with van der Waals surface area (Å²) in [5.74, 6) is 1.27. The summed E-state index contributed by atoms with van der Waals surface area (Å²) < 4.78 is 40.9. The van der Waals surface area contributed by atoms with Gasteiger partial charge in [-0.05, 0) is 68.0 Å². The molecular weight excluding hydrogens is 1390 g/mol. The molecule has 7 rings (SSSR count). The predicted octanol–water partition coefficient (Wildman–Crippen LogP) is 6.15. The van der Waals surface area contributed by atoms with Crippen molar-refractivity contribution in [2.24, 2.45) is 27.1 Å². The van der Waals surface area contributed by atoms with Crippen molar-refractivity contribution in [1.29, 1.82) is 31.6 Å². The third kappa shape index (κ3) is 91.8. The minimum absolute atomic E-state index is 0. The molecule has 501 valence electrons. The Hall–Kier alpha value is -6.47. The Labute approximate surface area is 651 Å². The van der Waals surface area contributed by atoms with Gasteiger partial charge in [0.05, 0.1) is 32.9 Å². The van der Waals surface area contributed by atoms with E-state index in [4.69, 9.17) is 119 Å². The van der Waals surface area contributed by atoms with Crippen LogP contribution in [-0.4, -0.2) is 212 Å². The standard InChI is InChI=1S/C8H10N2O2.C8H12N2.C6H5N3O5.C6H7NO.C6H8N.C5H5N.C5H10O.C4H8O.6CN.CH4O.Fe.3K.HNO3.H2O4S/c1-6(2)8-4-3-7(5-9-8)10(11)12;1-6(2)8-4-3-7(9)5-10-8;1-7-3-4(8(11)12)2-5(6(7)10)9(13)14;1-7-5-3-2-4-6(7)8;1-7-5-3-2-4-6-7;1-2-4-6-5-3-1;1-4(2)5(3)6;1-2-4-5-3-1;7*1-2;;;;;2-1(3)4;1-5(2,3)4/h3-6H,1-2H3;3-6H,9H2,1-2H3;2-3H,1H3;2-5H,1H3;2-6H,1H3;1-5H;4H,1-3H3;1-4H2;;;;;;;2H,1H3;;;;;(H,2,3,4);(H2,1,2,3,4)/q;;;;+1;;;;6*-1;;+6;;;;;. The van der Waals surface area contributed by atoms with Crippen molar-refractivity contribution in [1.82, 2.24) is 24.1 Å². The smallest absolute Gasteiger partial charge is 0.0267 e. The van der Waals surface area contributed by atoms with Gasteiger partial charge in [0.2, 0.25) is 5.56 Å². The number of nitro groups is 3. The number of pyridine rings is 6. The number of hydrogen-bond donors (Lipinski definition) is 5. The van der Waals surface area contributed by atoms with Crippen LogP contribution >= 0.6 is 0 Å². The molecule has 35 nitrogen and oxygen atoms in total. The van der Waals surface area contributed by atoms with Gasteiger partial charge in [0.1, 0.15) is 25.1 Å². The fourth-order valence-electron chi connectivity index (χ4n) is 4.33. The quantitative estimate of drug-likeness (QED) is 0.0312. The van der Waals surface area contributed by atoms with E-state index in [1.165, 1.54) is 106 Å². The summed E-state index contributed by atoms with van der Waals surface area (Å²) in [6, 6.07) is 24.4. The Morgan fingerprint density at radius 1 is 0.663 bits per heavy atom. The average Bonchev–Trinajstić information content (AvgIpc) is 0.883. The van der Waals surface area contributed by atoms with Gasteiger partial charge in [-0.15, -0.1) is 10.1 Å². The molecule has 6 aromatic heterocycles. The van der Waals surface area contributed by atoms with E-state index in [9.17, 15) is 44.7 Å². The first kappa shape index (κ1) is 119. The summed E-state index contributed by atoms with van der Waals surface area (Å²) in [7, 11) is 1.27. The van der Waals surface area contributed by atoms with E-state index < -0.39 is 47.2 Å². The van der Waals surface area contributed by atoms with Crippen LogP contribution in [0.1, 0.15) is 84.5 Å². The molecule has 0 saturated carbocycles. The summed E-state index contributed by atoms with van der Waals surface area (Å²) in [5.41, 5.74) is 6.07. The van der Waals surface area contributed by atoms with Crippen molar-refractivity contribution in [3.05, 3.63) is 246 Å². The number of aliphatic hydroxyl groups excluding tert-OH is 1. The fraction of sp³-hybridized carbons (Fsp3) is 0.327. The maximum Gasteiger partial charge on any atom is 0.0267 e. The molecule has 1 saturated heterocycles. The molecule has 1 aliphatic heterocycles. The van der Waals surface area contributed by atoms with Crippen LogP contribution < -0.4 is 21.4 Å². The Morgan fingerprint density at radius 3 is 1.24 bits per heavy atom. The first-order valence-corrected chi connectivity index (χ1v) is 42.8. The number of Topliss-reactive ketones (excluding diaryl/α,β-unsaturated/α-hetero) is 1. The zero-order valence-electron chi connectivity index (χ0n) is 54.8. The van der Waals surface area contributed by atoms with Crippen LogP contribution in [0.3, 0.4) is 0 Å². The monoisotopic (exact) mass is 1460 g/mol. The molecule has 0 atom stereocenters. The number of aliphatic hydroxyl groups is 1. The van der Waals surface area contributed by atoms with Crippen molar-refractivity contribution < 1.29 is 78.9 Å². The maximum atomic E-state index is 11.1. The van der Waals surface area contributed by atoms with Crippen LogP contribution in [0.25, 0.3) is 0 Å². The van der Waals surface area contributed by atoms with Gasteiger partial charge in [0, 0.05) is 146 Å². The van der Waals surface area contributed by atoms with Crippen molar-refractivity contribution in [2.75, 3.05) is 26.1 Å². The molecule has 7 heterocycles. The molecule has 1 radical (unpaired) electrons. The second kappa shape index (κ2) is 87.5. The normalized spacial score (nSPS) is 8.73. The molecule has 0 aliphatic carbocycles. The number of aryl methyl sites for hydroxylation is 3. The van der Waals surface area contributed by atoms with E-state index in [1.807, 2.05) is 106 Å². The van der Waals surface area contributed by atoms with Crippen LogP contribution in [0.5, 0.6) is 0 Å². The second-order valence-electron chi connectivity index (χ2n) is 16.0. The van der Waals surface area contributed by atoms with Crippen LogP contribution in [0.2, 0.25) is 0 Å². The number of ketones is 1. The summed E-state index contributed by atoms with van der Waals surface area (Å²) in [6.45, 7) is 44.1. The topological polar surface area (TPSA) is 569 Å². The number of nitrogen functional groups attached to an aromatic ring is 1. The van der Waals surface area contributed by atoms with Gasteiger partial charge in [-0.2, -0.15) is 8.42 Å². The Bertz CT molecular complexity index is 3090. The Kier molecular flexibility index (Phi) is 110. The number of ether oxygens (including phenoxy) is 1. The van der Waals surface area contributed by atoms with Gasteiger partial charge in [-0.25, -0.2) is 4.57 Å². The third-order valence-electron chi connectivity index (χ3n) is 8.61. The molecule has 6 N–H and O–H groups in total. The van der Waals surface area contributed by atoms with E-state index in [0.29, 0.717) is 17.9 Å².